The highest BCUT2D eigenvalue weighted by Crippen LogP contribution is 2.07. The quantitative estimate of drug-likeness (QED) is 0.872. The Labute approximate surface area is 101 Å². The molecule has 0 aromatic heterocycles. The van der Waals surface area contributed by atoms with Crippen LogP contribution in [0.3, 0.4) is 0 Å². The van der Waals surface area contributed by atoms with Crippen LogP contribution in [0.1, 0.15) is 18.4 Å². The fourth-order valence-electron chi connectivity index (χ4n) is 1.77. The number of nitrogens with one attached hydrogen (secondary N) is 1. The zero-order valence-corrected chi connectivity index (χ0v) is 9.72. The van der Waals surface area contributed by atoms with E-state index < -0.39 is 0 Å². The monoisotopic (exact) mass is 235 g/mol. The van der Waals surface area contributed by atoms with Gasteiger partial charge in [-0.25, -0.2) is 4.79 Å². The molecule has 0 radical (unpaired) electrons. The summed E-state index contributed by atoms with van der Waals surface area (Å²) in [5.74, 6) is 0. The molecular weight excluding hydrogens is 218 g/mol. The molecule has 0 atom stereocenters. The molecule has 4 heteroatoms. The summed E-state index contributed by atoms with van der Waals surface area (Å²) in [4.78, 5) is 11.5. The van der Waals surface area contributed by atoms with Crippen LogP contribution in [0.4, 0.5) is 4.79 Å². The molecule has 1 heterocycles. The van der Waals surface area contributed by atoms with E-state index in [0.717, 1.165) is 18.4 Å². The summed E-state index contributed by atoms with van der Waals surface area (Å²) >= 11 is 0. The van der Waals surface area contributed by atoms with Crippen molar-refractivity contribution in [3.05, 3.63) is 35.9 Å². The number of rotatable bonds is 3. The van der Waals surface area contributed by atoms with Crippen LogP contribution in [0.2, 0.25) is 0 Å². The van der Waals surface area contributed by atoms with Crippen LogP contribution < -0.4 is 5.32 Å². The lowest BCUT2D eigenvalue weighted by Crippen LogP contribution is -2.39. The summed E-state index contributed by atoms with van der Waals surface area (Å²) in [6.45, 7) is 1.74. The first kappa shape index (κ1) is 11.9. The van der Waals surface area contributed by atoms with E-state index in [1.807, 2.05) is 30.3 Å². The molecule has 2 rings (SSSR count). The molecule has 0 spiro atoms. The second kappa shape index (κ2) is 6.25. The van der Waals surface area contributed by atoms with Crippen molar-refractivity contribution in [1.82, 2.24) is 5.32 Å². The van der Waals surface area contributed by atoms with E-state index in [1.54, 1.807) is 0 Å². The molecule has 0 unspecified atom stereocenters. The van der Waals surface area contributed by atoms with E-state index in [0.29, 0.717) is 19.8 Å². The Morgan fingerprint density at radius 1 is 1.29 bits per heavy atom. The first-order valence-electron chi connectivity index (χ1n) is 5.89. The molecule has 0 aliphatic carbocycles. The highest BCUT2D eigenvalue weighted by atomic mass is 16.5. The minimum Gasteiger partial charge on any atom is -0.445 e. The smallest absolute Gasteiger partial charge is 0.407 e. The third-order valence-corrected chi connectivity index (χ3v) is 2.76. The van der Waals surface area contributed by atoms with Crippen LogP contribution in [0.15, 0.2) is 30.3 Å². The lowest BCUT2D eigenvalue weighted by molar-refractivity contribution is 0.0725. The van der Waals surface area contributed by atoms with Gasteiger partial charge in [-0.3, -0.25) is 0 Å². The van der Waals surface area contributed by atoms with E-state index in [1.165, 1.54) is 0 Å². The van der Waals surface area contributed by atoms with Gasteiger partial charge in [0, 0.05) is 19.3 Å². The van der Waals surface area contributed by atoms with Gasteiger partial charge in [0.2, 0.25) is 0 Å². The normalized spacial score (nSPS) is 16.5. The SMILES string of the molecule is O=C(NC1CCOCC1)OCc1ccccc1. The zero-order chi connectivity index (χ0) is 11.9. The second-order valence-corrected chi connectivity index (χ2v) is 4.09. The van der Waals surface area contributed by atoms with Crippen molar-refractivity contribution in [1.29, 1.82) is 0 Å². The first-order chi connectivity index (χ1) is 8.34. The van der Waals surface area contributed by atoms with Crippen molar-refractivity contribution in [2.45, 2.75) is 25.5 Å². The largest absolute Gasteiger partial charge is 0.445 e. The third kappa shape index (κ3) is 4.07. The number of ether oxygens (including phenoxy) is 2. The van der Waals surface area contributed by atoms with Gasteiger partial charge < -0.3 is 14.8 Å². The number of hydrogen-bond acceptors (Lipinski definition) is 3. The number of alkyl carbamates (subject to hydrolysis) is 1. The Morgan fingerprint density at radius 2 is 2.00 bits per heavy atom. The van der Waals surface area contributed by atoms with Crippen molar-refractivity contribution < 1.29 is 14.3 Å². The Hall–Kier alpha value is -1.55. The van der Waals surface area contributed by atoms with Crippen molar-refractivity contribution in [2.24, 2.45) is 0 Å². The van der Waals surface area contributed by atoms with Gasteiger partial charge in [-0.1, -0.05) is 30.3 Å². The molecule has 1 saturated heterocycles. The van der Waals surface area contributed by atoms with Gasteiger partial charge in [-0.15, -0.1) is 0 Å². The Bertz CT molecular complexity index is 347. The Balaban J connectivity index is 1.70. The molecule has 4 nitrogen and oxygen atoms in total. The molecule has 0 saturated carbocycles. The summed E-state index contributed by atoms with van der Waals surface area (Å²) in [6, 6.07) is 9.84. The van der Waals surface area contributed by atoms with Gasteiger partial charge in [-0.2, -0.15) is 0 Å². The average molecular weight is 235 g/mol. The number of hydrogen-bond donors (Lipinski definition) is 1. The highest BCUT2D eigenvalue weighted by molar-refractivity contribution is 5.67. The predicted octanol–water partition coefficient (Wildman–Crippen LogP) is 2.09. The van der Waals surface area contributed by atoms with Crippen LogP contribution >= 0.6 is 0 Å². The molecule has 1 N–H and O–H groups in total. The summed E-state index contributed by atoms with van der Waals surface area (Å²) in [7, 11) is 0. The van der Waals surface area contributed by atoms with Gasteiger partial charge >= 0.3 is 6.09 Å². The third-order valence-electron chi connectivity index (χ3n) is 2.76. The van der Waals surface area contributed by atoms with Crippen LogP contribution in [0, 0.1) is 0 Å². The summed E-state index contributed by atoms with van der Waals surface area (Å²) in [5, 5.41) is 2.85. The summed E-state index contributed by atoms with van der Waals surface area (Å²) < 4.78 is 10.4. The second-order valence-electron chi connectivity index (χ2n) is 4.09. The van der Waals surface area contributed by atoms with Crippen LogP contribution in [-0.4, -0.2) is 25.3 Å². The fourth-order valence-corrected chi connectivity index (χ4v) is 1.77. The predicted molar refractivity (Wildman–Crippen MR) is 63.6 cm³/mol. The van der Waals surface area contributed by atoms with Crippen molar-refractivity contribution in [2.75, 3.05) is 13.2 Å². The van der Waals surface area contributed by atoms with Gasteiger partial charge in [0.05, 0.1) is 0 Å². The molecule has 1 aromatic carbocycles. The molecule has 0 bridgehead atoms. The Morgan fingerprint density at radius 3 is 2.71 bits per heavy atom. The van der Waals surface area contributed by atoms with Crippen LogP contribution in [0.25, 0.3) is 0 Å². The fraction of sp³-hybridized carbons (Fsp3) is 0.462. The van der Waals surface area contributed by atoms with E-state index in [9.17, 15) is 4.79 Å². The van der Waals surface area contributed by atoms with E-state index >= 15 is 0 Å². The summed E-state index contributed by atoms with van der Waals surface area (Å²) in [5.41, 5.74) is 0.995. The molecule has 1 aromatic rings. The van der Waals surface area contributed by atoms with Gasteiger partial charge in [0.1, 0.15) is 6.61 Å². The maximum atomic E-state index is 11.5. The lowest BCUT2D eigenvalue weighted by Gasteiger charge is -2.22. The molecule has 92 valence electrons. The molecular formula is C13H17NO3. The maximum absolute atomic E-state index is 11.5. The van der Waals surface area contributed by atoms with E-state index in [-0.39, 0.29) is 12.1 Å². The van der Waals surface area contributed by atoms with Gasteiger partial charge in [-0.05, 0) is 18.4 Å². The van der Waals surface area contributed by atoms with Crippen molar-refractivity contribution >= 4 is 6.09 Å². The zero-order valence-electron chi connectivity index (χ0n) is 9.72. The van der Waals surface area contributed by atoms with E-state index in [2.05, 4.69) is 5.32 Å². The minimum atomic E-state index is -0.347. The van der Waals surface area contributed by atoms with Crippen molar-refractivity contribution in [3.63, 3.8) is 0 Å². The maximum Gasteiger partial charge on any atom is 0.407 e. The van der Waals surface area contributed by atoms with Crippen LogP contribution in [0.5, 0.6) is 0 Å². The topological polar surface area (TPSA) is 47.6 Å². The molecule has 17 heavy (non-hydrogen) atoms. The first-order valence-corrected chi connectivity index (χ1v) is 5.89. The number of benzene rings is 1. The number of carbonyl (C=O) groups excluding carboxylic acids is 1. The Kier molecular flexibility index (Phi) is 4.38. The van der Waals surface area contributed by atoms with Gasteiger partial charge in [0.15, 0.2) is 0 Å². The molecule has 1 aliphatic heterocycles. The van der Waals surface area contributed by atoms with Crippen LogP contribution in [-0.2, 0) is 16.1 Å². The number of carbonyl (C=O) groups is 1. The molecule has 1 aliphatic rings. The lowest BCUT2D eigenvalue weighted by atomic mass is 10.1. The van der Waals surface area contributed by atoms with Gasteiger partial charge in [0.25, 0.3) is 0 Å². The molecule has 1 fully saturated rings. The highest BCUT2D eigenvalue weighted by Gasteiger charge is 2.16. The molecule has 1 amide bonds. The van der Waals surface area contributed by atoms with Crippen molar-refractivity contribution in [3.8, 4) is 0 Å². The summed E-state index contributed by atoms with van der Waals surface area (Å²) in [6.07, 6.45) is 1.38. The standard InChI is InChI=1S/C13H17NO3/c15-13(14-12-6-8-16-9-7-12)17-10-11-4-2-1-3-5-11/h1-5,12H,6-10H2,(H,14,15). The minimum absolute atomic E-state index is 0.187. The number of amides is 1. The van der Waals surface area contributed by atoms with E-state index in [4.69, 9.17) is 9.47 Å². The average Bonchev–Trinajstić information content (AvgIpc) is 2.39.